The van der Waals surface area contributed by atoms with E-state index in [1.165, 1.54) is 44.1 Å². The molecule has 1 fully saturated rings. The Bertz CT molecular complexity index is 381. The van der Waals surface area contributed by atoms with Gasteiger partial charge in [-0.25, -0.2) is 0 Å². The summed E-state index contributed by atoms with van der Waals surface area (Å²) >= 11 is 5.94. The van der Waals surface area contributed by atoms with Gasteiger partial charge >= 0.3 is 0 Å². The standard InChI is InChI=1S/C18H28ClN/c1-3-18(16-7-5-4-6-8-16)20-14(2)13-15-9-11-17(19)12-10-15/h9-12,14,16,18,20H,3-8,13H2,1-2H3. The molecule has 2 atom stereocenters. The van der Waals surface area contributed by atoms with Crippen molar-refractivity contribution in [3.63, 3.8) is 0 Å². The largest absolute Gasteiger partial charge is 0.311 e. The molecule has 1 nitrogen and oxygen atoms in total. The zero-order valence-electron chi connectivity index (χ0n) is 12.9. The number of benzene rings is 1. The highest BCUT2D eigenvalue weighted by molar-refractivity contribution is 6.30. The summed E-state index contributed by atoms with van der Waals surface area (Å²) in [6.07, 6.45) is 9.45. The molecule has 1 aromatic rings. The maximum absolute atomic E-state index is 5.94. The van der Waals surface area contributed by atoms with E-state index in [9.17, 15) is 0 Å². The van der Waals surface area contributed by atoms with Gasteiger partial charge in [0.2, 0.25) is 0 Å². The van der Waals surface area contributed by atoms with E-state index in [1.54, 1.807) is 0 Å². The first-order chi connectivity index (χ1) is 9.69. The van der Waals surface area contributed by atoms with Crippen LogP contribution in [0.4, 0.5) is 0 Å². The van der Waals surface area contributed by atoms with Crippen molar-refractivity contribution in [2.45, 2.75) is 70.9 Å². The van der Waals surface area contributed by atoms with Gasteiger partial charge in [-0.1, -0.05) is 49.9 Å². The van der Waals surface area contributed by atoms with Crippen LogP contribution in [0, 0.1) is 5.92 Å². The Balaban J connectivity index is 1.84. The van der Waals surface area contributed by atoms with Crippen LogP contribution >= 0.6 is 11.6 Å². The van der Waals surface area contributed by atoms with Gasteiger partial charge in [-0.15, -0.1) is 0 Å². The molecule has 0 bridgehead atoms. The Morgan fingerprint density at radius 2 is 1.80 bits per heavy atom. The molecule has 112 valence electrons. The maximum atomic E-state index is 5.94. The van der Waals surface area contributed by atoms with Crippen molar-refractivity contribution in [2.24, 2.45) is 5.92 Å². The average Bonchev–Trinajstić information content (AvgIpc) is 2.48. The SMILES string of the molecule is CCC(NC(C)Cc1ccc(Cl)cc1)C1CCCCC1. The molecule has 2 heteroatoms. The fourth-order valence-corrected chi connectivity index (χ4v) is 3.65. The highest BCUT2D eigenvalue weighted by Crippen LogP contribution is 2.28. The molecule has 0 heterocycles. The van der Waals surface area contributed by atoms with Gasteiger partial charge in [0.15, 0.2) is 0 Å². The highest BCUT2D eigenvalue weighted by Gasteiger charge is 2.23. The lowest BCUT2D eigenvalue weighted by molar-refractivity contribution is 0.248. The van der Waals surface area contributed by atoms with Gasteiger partial charge in [0.25, 0.3) is 0 Å². The van der Waals surface area contributed by atoms with E-state index in [0.717, 1.165) is 17.4 Å². The molecule has 2 rings (SSSR count). The summed E-state index contributed by atoms with van der Waals surface area (Å²) < 4.78 is 0. The molecule has 0 amide bonds. The van der Waals surface area contributed by atoms with Crippen LogP contribution in [0.25, 0.3) is 0 Å². The molecule has 1 N–H and O–H groups in total. The molecule has 2 unspecified atom stereocenters. The summed E-state index contributed by atoms with van der Waals surface area (Å²) in [5.74, 6) is 0.890. The van der Waals surface area contributed by atoms with Crippen LogP contribution in [0.5, 0.6) is 0 Å². The van der Waals surface area contributed by atoms with Crippen molar-refractivity contribution >= 4 is 11.6 Å². The lowest BCUT2D eigenvalue weighted by Crippen LogP contribution is -2.42. The lowest BCUT2D eigenvalue weighted by Gasteiger charge is -2.32. The summed E-state index contributed by atoms with van der Waals surface area (Å²) in [7, 11) is 0. The zero-order chi connectivity index (χ0) is 14.4. The second-order valence-corrected chi connectivity index (χ2v) is 6.75. The smallest absolute Gasteiger partial charge is 0.0406 e. The monoisotopic (exact) mass is 293 g/mol. The van der Waals surface area contributed by atoms with E-state index in [4.69, 9.17) is 11.6 Å². The second kappa shape index (κ2) is 8.05. The van der Waals surface area contributed by atoms with Gasteiger partial charge in [0.1, 0.15) is 0 Å². The van der Waals surface area contributed by atoms with E-state index >= 15 is 0 Å². The quantitative estimate of drug-likeness (QED) is 0.758. The molecule has 0 aliphatic heterocycles. The van der Waals surface area contributed by atoms with Gasteiger partial charge in [-0.2, -0.15) is 0 Å². The number of hydrogen-bond acceptors (Lipinski definition) is 1. The predicted molar refractivity (Wildman–Crippen MR) is 88.4 cm³/mol. The van der Waals surface area contributed by atoms with E-state index < -0.39 is 0 Å². The first-order valence-electron chi connectivity index (χ1n) is 8.19. The highest BCUT2D eigenvalue weighted by atomic mass is 35.5. The van der Waals surface area contributed by atoms with Gasteiger partial charge in [0.05, 0.1) is 0 Å². The summed E-state index contributed by atoms with van der Waals surface area (Å²) in [5.41, 5.74) is 1.37. The number of rotatable bonds is 6. The van der Waals surface area contributed by atoms with Crippen molar-refractivity contribution in [3.05, 3.63) is 34.9 Å². The summed E-state index contributed by atoms with van der Waals surface area (Å²) in [4.78, 5) is 0. The Morgan fingerprint density at radius 3 is 2.40 bits per heavy atom. The number of hydrogen-bond donors (Lipinski definition) is 1. The van der Waals surface area contributed by atoms with Crippen molar-refractivity contribution in [1.82, 2.24) is 5.32 Å². The molecule has 1 aromatic carbocycles. The van der Waals surface area contributed by atoms with Gasteiger partial charge in [0, 0.05) is 17.1 Å². The maximum Gasteiger partial charge on any atom is 0.0406 e. The first kappa shape index (κ1) is 15.9. The van der Waals surface area contributed by atoms with Crippen LogP contribution in [0.2, 0.25) is 5.02 Å². The molecule has 0 spiro atoms. The molecule has 0 saturated heterocycles. The molecule has 1 saturated carbocycles. The fourth-order valence-electron chi connectivity index (χ4n) is 3.52. The second-order valence-electron chi connectivity index (χ2n) is 6.31. The summed E-state index contributed by atoms with van der Waals surface area (Å²) in [5, 5.41) is 4.69. The Hall–Kier alpha value is -0.530. The third-order valence-electron chi connectivity index (χ3n) is 4.61. The zero-order valence-corrected chi connectivity index (χ0v) is 13.6. The molecular weight excluding hydrogens is 266 g/mol. The summed E-state index contributed by atoms with van der Waals surface area (Å²) in [6.45, 7) is 4.63. The van der Waals surface area contributed by atoms with Crippen molar-refractivity contribution < 1.29 is 0 Å². The van der Waals surface area contributed by atoms with Crippen LogP contribution in [0.15, 0.2) is 24.3 Å². The Morgan fingerprint density at radius 1 is 1.15 bits per heavy atom. The fraction of sp³-hybridized carbons (Fsp3) is 0.667. The van der Waals surface area contributed by atoms with Gasteiger partial charge in [-0.05, 0) is 56.2 Å². The Labute approximate surface area is 129 Å². The minimum absolute atomic E-state index is 0.531. The molecule has 1 aliphatic rings. The van der Waals surface area contributed by atoms with Crippen LogP contribution in [0.3, 0.4) is 0 Å². The Kier molecular flexibility index (Phi) is 6.38. The normalized spacial score (nSPS) is 19.8. The van der Waals surface area contributed by atoms with E-state index in [-0.39, 0.29) is 0 Å². The third kappa shape index (κ3) is 4.79. The minimum Gasteiger partial charge on any atom is -0.311 e. The van der Waals surface area contributed by atoms with Crippen LogP contribution in [0.1, 0.15) is 57.9 Å². The molecule has 1 aliphatic carbocycles. The van der Waals surface area contributed by atoms with Gasteiger partial charge in [-0.3, -0.25) is 0 Å². The molecule has 0 aromatic heterocycles. The van der Waals surface area contributed by atoms with E-state index in [0.29, 0.717) is 12.1 Å². The van der Waals surface area contributed by atoms with E-state index in [2.05, 4.69) is 31.3 Å². The third-order valence-corrected chi connectivity index (χ3v) is 4.86. The lowest BCUT2D eigenvalue weighted by atomic mass is 9.82. The van der Waals surface area contributed by atoms with Crippen molar-refractivity contribution in [3.8, 4) is 0 Å². The first-order valence-corrected chi connectivity index (χ1v) is 8.57. The minimum atomic E-state index is 0.531. The van der Waals surface area contributed by atoms with Crippen LogP contribution in [-0.2, 0) is 6.42 Å². The molecule has 0 radical (unpaired) electrons. The van der Waals surface area contributed by atoms with E-state index in [1.807, 2.05) is 12.1 Å². The predicted octanol–water partition coefficient (Wildman–Crippen LogP) is 5.22. The number of halogens is 1. The van der Waals surface area contributed by atoms with Crippen molar-refractivity contribution in [2.75, 3.05) is 0 Å². The summed E-state index contributed by atoms with van der Waals surface area (Å²) in [6, 6.07) is 9.48. The van der Waals surface area contributed by atoms with Crippen molar-refractivity contribution in [1.29, 1.82) is 0 Å². The number of nitrogens with one attached hydrogen (secondary N) is 1. The van der Waals surface area contributed by atoms with Crippen LogP contribution < -0.4 is 5.32 Å². The molecule has 20 heavy (non-hydrogen) atoms. The average molecular weight is 294 g/mol. The van der Waals surface area contributed by atoms with Crippen LogP contribution in [-0.4, -0.2) is 12.1 Å². The molecular formula is C18H28ClN. The van der Waals surface area contributed by atoms with Gasteiger partial charge < -0.3 is 5.32 Å². The topological polar surface area (TPSA) is 12.0 Å².